The summed E-state index contributed by atoms with van der Waals surface area (Å²) >= 11 is 0. The SMILES string of the molecule is Cl.NC(CO)(CO)c1cc2cc(-c3noc(C45CC6CC(CC(C6)C4)C5)n3)ccc2o1. The van der Waals surface area contributed by atoms with E-state index in [1.54, 1.807) is 6.07 Å². The minimum absolute atomic E-state index is 0. The van der Waals surface area contributed by atoms with E-state index in [9.17, 15) is 10.2 Å². The van der Waals surface area contributed by atoms with Crippen molar-refractivity contribution >= 4 is 23.4 Å². The third kappa shape index (κ3) is 3.21. The van der Waals surface area contributed by atoms with Crippen LogP contribution in [0.3, 0.4) is 0 Å². The second kappa shape index (κ2) is 7.30. The van der Waals surface area contributed by atoms with Gasteiger partial charge in [-0.15, -0.1) is 12.4 Å². The molecule has 7 rings (SSSR count). The maximum atomic E-state index is 9.54. The number of aromatic nitrogens is 2. The molecule has 7 nitrogen and oxygen atoms in total. The highest BCUT2D eigenvalue weighted by molar-refractivity contribution is 5.85. The fraction of sp³-hybridized carbons (Fsp3) is 0.565. The number of furan rings is 1. The number of benzene rings is 1. The first-order valence-electron chi connectivity index (χ1n) is 10.9. The average Bonchev–Trinajstić information content (AvgIpc) is 3.39. The van der Waals surface area contributed by atoms with Crippen LogP contribution >= 0.6 is 12.4 Å². The monoisotopic (exact) mass is 445 g/mol. The summed E-state index contributed by atoms with van der Waals surface area (Å²) in [6.45, 7) is -0.815. The van der Waals surface area contributed by atoms with Crippen LogP contribution in [0.15, 0.2) is 33.2 Å². The highest BCUT2D eigenvalue weighted by Crippen LogP contribution is 2.60. The molecular formula is C23H28ClN3O4. The van der Waals surface area contributed by atoms with Crippen LogP contribution in [0, 0.1) is 17.8 Å². The Morgan fingerprint density at radius 3 is 2.29 bits per heavy atom. The summed E-state index contributed by atoms with van der Waals surface area (Å²) < 4.78 is 11.6. The van der Waals surface area contributed by atoms with Crippen LogP contribution in [0.25, 0.3) is 22.4 Å². The summed E-state index contributed by atoms with van der Waals surface area (Å²) in [4.78, 5) is 4.85. The van der Waals surface area contributed by atoms with E-state index in [1.165, 1.54) is 38.5 Å². The van der Waals surface area contributed by atoms with Gasteiger partial charge in [-0.25, -0.2) is 0 Å². The van der Waals surface area contributed by atoms with Gasteiger partial charge in [0.25, 0.3) is 0 Å². The third-order valence-corrected chi connectivity index (χ3v) is 7.75. The maximum Gasteiger partial charge on any atom is 0.233 e. The summed E-state index contributed by atoms with van der Waals surface area (Å²) in [5, 5.41) is 24.2. The second-order valence-corrected chi connectivity index (χ2v) is 9.96. The number of fused-ring (bicyclic) bond motifs is 1. The average molecular weight is 446 g/mol. The predicted octanol–water partition coefficient (Wildman–Crippen LogP) is 3.51. The molecule has 4 aliphatic rings. The van der Waals surface area contributed by atoms with Crippen molar-refractivity contribution in [1.82, 2.24) is 10.1 Å². The van der Waals surface area contributed by atoms with Crippen LogP contribution in [0.5, 0.6) is 0 Å². The smallest absolute Gasteiger partial charge is 0.233 e. The van der Waals surface area contributed by atoms with Crippen LogP contribution < -0.4 is 5.73 Å². The molecule has 0 unspecified atom stereocenters. The van der Waals surface area contributed by atoms with Crippen molar-refractivity contribution in [3.63, 3.8) is 0 Å². The van der Waals surface area contributed by atoms with Crippen molar-refractivity contribution in [2.24, 2.45) is 23.5 Å². The van der Waals surface area contributed by atoms with Crippen molar-refractivity contribution in [2.45, 2.75) is 49.5 Å². The van der Waals surface area contributed by atoms with Crippen molar-refractivity contribution in [2.75, 3.05) is 13.2 Å². The van der Waals surface area contributed by atoms with Crippen molar-refractivity contribution < 1.29 is 19.2 Å². The largest absolute Gasteiger partial charge is 0.459 e. The molecule has 0 radical (unpaired) electrons. The molecule has 4 bridgehead atoms. The summed E-state index contributed by atoms with van der Waals surface area (Å²) in [6, 6.07) is 7.43. The number of aliphatic hydroxyl groups excluding tert-OH is 2. The molecule has 4 aliphatic carbocycles. The Bertz CT molecular complexity index is 1070. The van der Waals surface area contributed by atoms with Crippen LogP contribution in [-0.4, -0.2) is 33.6 Å². The zero-order chi connectivity index (χ0) is 20.5. The molecule has 8 heteroatoms. The van der Waals surface area contributed by atoms with Crippen LogP contribution in [0.2, 0.25) is 0 Å². The van der Waals surface area contributed by atoms with Gasteiger partial charge in [0.05, 0.1) is 18.6 Å². The predicted molar refractivity (Wildman–Crippen MR) is 117 cm³/mol. The minimum Gasteiger partial charge on any atom is -0.459 e. The van der Waals surface area contributed by atoms with E-state index in [0.717, 1.165) is 34.6 Å². The van der Waals surface area contributed by atoms with E-state index in [4.69, 9.17) is 19.7 Å². The number of rotatable bonds is 5. The van der Waals surface area contributed by atoms with Gasteiger partial charge in [0, 0.05) is 10.9 Å². The highest BCUT2D eigenvalue weighted by atomic mass is 35.5. The van der Waals surface area contributed by atoms with E-state index < -0.39 is 18.8 Å². The first-order valence-corrected chi connectivity index (χ1v) is 10.9. The highest BCUT2D eigenvalue weighted by Gasteiger charge is 2.54. The Hall–Kier alpha value is -1.93. The van der Waals surface area contributed by atoms with Gasteiger partial charge in [-0.05, 0) is 80.5 Å². The Kier molecular flexibility index (Phi) is 4.93. The fourth-order valence-corrected chi connectivity index (χ4v) is 6.56. The molecule has 0 atom stereocenters. The lowest BCUT2D eigenvalue weighted by molar-refractivity contribution is -0.0201. The maximum absolute atomic E-state index is 9.54. The molecule has 4 N–H and O–H groups in total. The molecule has 0 amide bonds. The van der Waals surface area contributed by atoms with Crippen molar-refractivity contribution in [1.29, 1.82) is 0 Å². The molecule has 0 saturated heterocycles. The molecule has 0 spiro atoms. The molecule has 4 saturated carbocycles. The number of hydrogen-bond donors (Lipinski definition) is 3. The van der Waals surface area contributed by atoms with Crippen LogP contribution in [-0.2, 0) is 11.0 Å². The molecule has 1 aromatic carbocycles. The number of nitrogens with two attached hydrogens (primary N) is 1. The van der Waals surface area contributed by atoms with Gasteiger partial charge in [0.15, 0.2) is 0 Å². The number of halogens is 1. The van der Waals surface area contributed by atoms with Crippen LogP contribution in [0.4, 0.5) is 0 Å². The topological polar surface area (TPSA) is 119 Å². The molecule has 2 aromatic heterocycles. The molecule has 4 fully saturated rings. The zero-order valence-electron chi connectivity index (χ0n) is 17.3. The van der Waals surface area contributed by atoms with E-state index >= 15 is 0 Å². The summed E-state index contributed by atoms with van der Waals surface area (Å²) in [5.41, 5.74) is 6.30. The number of hydrogen-bond acceptors (Lipinski definition) is 7. The van der Waals surface area contributed by atoms with Gasteiger partial charge in [-0.2, -0.15) is 4.98 Å². The van der Waals surface area contributed by atoms with E-state index in [2.05, 4.69) is 5.16 Å². The Morgan fingerprint density at radius 1 is 1.03 bits per heavy atom. The first-order chi connectivity index (χ1) is 14.5. The Labute approximate surface area is 186 Å². The lowest BCUT2D eigenvalue weighted by Crippen LogP contribution is -2.48. The summed E-state index contributed by atoms with van der Waals surface area (Å²) in [5.74, 6) is 4.22. The number of nitrogens with zero attached hydrogens (tertiary/aromatic N) is 2. The van der Waals surface area contributed by atoms with E-state index in [1.807, 2.05) is 18.2 Å². The van der Waals surface area contributed by atoms with Gasteiger partial charge < -0.3 is 24.9 Å². The molecule has 166 valence electrons. The molecular weight excluding hydrogens is 418 g/mol. The Balaban J connectivity index is 0.00000204. The first kappa shape index (κ1) is 20.9. The summed E-state index contributed by atoms with van der Waals surface area (Å²) in [6.07, 6.45) is 7.70. The van der Waals surface area contributed by atoms with E-state index in [-0.39, 0.29) is 17.8 Å². The minimum atomic E-state index is -1.31. The second-order valence-electron chi connectivity index (χ2n) is 9.96. The standard InChI is InChI=1S/C23H27N3O4.ClH/c24-23(11-27,12-28)19-7-17-6-16(1-2-18(17)29-19)20-25-21(30-26-20)22-8-13-3-14(9-22)5-15(4-13)10-22;/h1-2,6-7,13-15,27-28H,3-5,8-12,24H2;1H. The molecule has 3 aromatic rings. The van der Waals surface area contributed by atoms with Gasteiger partial charge >= 0.3 is 0 Å². The van der Waals surface area contributed by atoms with Crippen LogP contribution in [0.1, 0.15) is 50.2 Å². The Morgan fingerprint density at radius 2 is 1.68 bits per heavy atom. The molecule has 2 heterocycles. The quantitative estimate of drug-likeness (QED) is 0.549. The molecule has 0 aliphatic heterocycles. The summed E-state index contributed by atoms with van der Waals surface area (Å²) in [7, 11) is 0. The lowest BCUT2D eigenvalue weighted by Gasteiger charge is -2.55. The van der Waals surface area contributed by atoms with Crippen molar-refractivity contribution in [3.8, 4) is 11.4 Å². The third-order valence-electron chi connectivity index (χ3n) is 7.75. The van der Waals surface area contributed by atoms with Gasteiger partial charge in [0.1, 0.15) is 16.9 Å². The molecule has 31 heavy (non-hydrogen) atoms. The normalized spacial score (nSPS) is 29.5. The van der Waals surface area contributed by atoms with E-state index in [0.29, 0.717) is 17.2 Å². The fourth-order valence-electron chi connectivity index (χ4n) is 6.56. The van der Waals surface area contributed by atoms with Gasteiger partial charge in [0.2, 0.25) is 11.7 Å². The van der Waals surface area contributed by atoms with Crippen molar-refractivity contribution in [3.05, 3.63) is 35.9 Å². The zero-order valence-corrected chi connectivity index (χ0v) is 18.1. The van der Waals surface area contributed by atoms with Gasteiger partial charge in [-0.1, -0.05) is 5.16 Å². The van der Waals surface area contributed by atoms with Gasteiger partial charge in [-0.3, -0.25) is 0 Å². The number of aliphatic hydroxyl groups is 2. The lowest BCUT2D eigenvalue weighted by atomic mass is 9.49.